The number of nitrogens with two attached hydrogens (primary N) is 1. The summed E-state index contributed by atoms with van der Waals surface area (Å²) in [5, 5.41) is 10.8. The molecule has 0 radical (unpaired) electrons. The molecule has 3 N–H and O–H groups in total. The molecule has 1 saturated carbocycles. The topological polar surface area (TPSA) is 84.1 Å². The second-order valence-electron chi connectivity index (χ2n) is 5.48. The van der Waals surface area contributed by atoms with Crippen LogP contribution in [-0.2, 0) is 0 Å². The van der Waals surface area contributed by atoms with Crippen molar-refractivity contribution in [2.45, 2.75) is 44.6 Å². The molecule has 1 aliphatic rings. The number of carbonyl (C=O) groups is 1. The summed E-state index contributed by atoms with van der Waals surface area (Å²) in [6, 6.07) is 4.15. The average molecular weight is 291 g/mol. The number of carbonyl (C=O) groups excluding carboxylic acids is 1. The third-order valence-corrected chi connectivity index (χ3v) is 4.02. The summed E-state index contributed by atoms with van der Waals surface area (Å²) < 4.78 is 0. The molecule has 2 rings (SSSR count). The molecule has 1 aliphatic carbocycles. The molecule has 0 aromatic carbocycles. The summed E-state index contributed by atoms with van der Waals surface area (Å²) in [5.74, 6) is 0.642. The van der Waals surface area contributed by atoms with Gasteiger partial charge in [0.05, 0.1) is 0 Å². The van der Waals surface area contributed by atoms with Crippen molar-refractivity contribution in [2.24, 2.45) is 5.73 Å². The Hall–Kier alpha value is -1.69. The predicted octanol–water partition coefficient (Wildman–Crippen LogP) is 1.32. The molecule has 116 valence electrons. The average Bonchev–Trinajstić information content (AvgIpc) is 2.56. The van der Waals surface area contributed by atoms with Gasteiger partial charge in [0.15, 0.2) is 11.5 Å². The molecule has 1 amide bonds. The van der Waals surface area contributed by atoms with E-state index < -0.39 is 0 Å². The molecule has 1 aromatic heterocycles. The number of hydrogen-bond acceptors (Lipinski definition) is 5. The van der Waals surface area contributed by atoms with Crippen LogP contribution in [0.2, 0.25) is 0 Å². The summed E-state index contributed by atoms with van der Waals surface area (Å²) in [7, 11) is 1.59. The van der Waals surface area contributed by atoms with Crippen molar-refractivity contribution in [3.05, 3.63) is 17.8 Å². The third kappa shape index (κ3) is 4.14. The minimum atomic E-state index is -0.208. The lowest BCUT2D eigenvalue weighted by atomic mass is 9.94. The highest BCUT2D eigenvalue weighted by Gasteiger charge is 2.22. The van der Waals surface area contributed by atoms with Gasteiger partial charge in [-0.3, -0.25) is 4.79 Å². The van der Waals surface area contributed by atoms with Crippen molar-refractivity contribution in [3.8, 4) is 0 Å². The Morgan fingerprint density at radius 3 is 2.67 bits per heavy atom. The van der Waals surface area contributed by atoms with Gasteiger partial charge in [-0.05, 0) is 37.9 Å². The van der Waals surface area contributed by atoms with Gasteiger partial charge in [-0.25, -0.2) is 0 Å². The van der Waals surface area contributed by atoms with Gasteiger partial charge >= 0.3 is 0 Å². The Labute approximate surface area is 126 Å². The predicted molar refractivity (Wildman–Crippen MR) is 83.3 cm³/mol. The first-order chi connectivity index (χ1) is 10.3. The molecule has 0 spiro atoms. The number of amides is 1. The maximum Gasteiger partial charge on any atom is 0.271 e. The van der Waals surface area contributed by atoms with Crippen LogP contribution >= 0.6 is 0 Å². The Morgan fingerprint density at radius 1 is 1.33 bits per heavy atom. The van der Waals surface area contributed by atoms with Crippen LogP contribution in [0, 0.1) is 0 Å². The van der Waals surface area contributed by atoms with Gasteiger partial charge in [-0.1, -0.05) is 19.3 Å². The number of nitrogens with zero attached hydrogens (tertiary/aromatic N) is 3. The Balaban J connectivity index is 2.13. The van der Waals surface area contributed by atoms with E-state index in [1.807, 2.05) is 6.07 Å². The van der Waals surface area contributed by atoms with Crippen LogP contribution in [0.1, 0.15) is 49.0 Å². The molecule has 0 atom stereocenters. The van der Waals surface area contributed by atoms with E-state index in [4.69, 9.17) is 5.73 Å². The SMILES string of the molecule is CNC(=O)c1ccc(N(CCCN)C2CCCCC2)nn1. The van der Waals surface area contributed by atoms with Crippen LogP contribution in [0.5, 0.6) is 0 Å². The fourth-order valence-corrected chi connectivity index (χ4v) is 2.87. The summed E-state index contributed by atoms with van der Waals surface area (Å²) in [6.07, 6.45) is 7.20. The number of hydrogen-bond donors (Lipinski definition) is 2. The van der Waals surface area contributed by atoms with Crippen molar-refractivity contribution in [1.29, 1.82) is 0 Å². The smallest absolute Gasteiger partial charge is 0.271 e. The third-order valence-electron chi connectivity index (χ3n) is 4.02. The normalized spacial score (nSPS) is 15.7. The van der Waals surface area contributed by atoms with Gasteiger partial charge in [0, 0.05) is 19.6 Å². The monoisotopic (exact) mass is 291 g/mol. The maximum atomic E-state index is 11.5. The molecule has 0 unspecified atom stereocenters. The highest BCUT2D eigenvalue weighted by atomic mass is 16.1. The second kappa shape index (κ2) is 7.93. The van der Waals surface area contributed by atoms with E-state index in [-0.39, 0.29) is 5.91 Å². The lowest BCUT2D eigenvalue weighted by Gasteiger charge is -2.35. The summed E-state index contributed by atoms with van der Waals surface area (Å²) in [6.45, 7) is 1.57. The Morgan fingerprint density at radius 2 is 2.10 bits per heavy atom. The van der Waals surface area contributed by atoms with Gasteiger partial charge < -0.3 is 16.0 Å². The van der Waals surface area contributed by atoms with E-state index in [2.05, 4.69) is 20.4 Å². The van der Waals surface area contributed by atoms with Crippen LogP contribution in [0.3, 0.4) is 0 Å². The van der Waals surface area contributed by atoms with E-state index in [0.717, 1.165) is 18.8 Å². The molecule has 21 heavy (non-hydrogen) atoms. The maximum absolute atomic E-state index is 11.5. The number of anilines is 1. The molecular weight excluding hydrogens is 266 g/mol. The molecule has 6 heteroatoms. The fraction of sp³-hybridized carbons (Fsp3) is 0.667. The van der Waals surface area contributed by atoms with Crippen molar-refractivity contribution < 1.29 is 4.79 Å². The molecule has 0 aliphatic heterocycles. The van der Waals surface area contributed by atoms with Gasteiger partial charge in [0.25, 0.3) is 5.91 Å². The fourth-order valence-electron chi connectivity index (χ4n) is 2.87. The van der Waals surface area contributed by atoms with E-state index >= 15 is 0 Å². The summed E-state index contributed by atoms with van der Waals surface area (Å²) in [4.78, 5) is 13.8. The van der Waals surface area contributed by atoms with Crippen molar-refractivity contribution in [3.63, 3.8) is 0 Å². The van der Waals surface area contributed by atoms with E-state index in [0.29, 0.717) is 18.3 Å². The number of nitrogens with one attached hydrogen (secondary N) is 1. The minimum Gasteiger partial charge on any atom is -0.354 e. The van der Waals surface area contributed by atoms with Crippen LogP contribution < -0.4 is 16.0 Å². The van der Waals surface area contributed by atoms with Crippen LogP contribution in [-0.4, -0.2) is 42.3 Å². The van der Waals surface area contributed by atoms with Gasteiger partial charge in [0.2, 0.25) is 0 Å². The second-order valence-corrected chi connectivity index (χ2v) is 5.48. The van der Waals surface area contributed by atoms with Crippen molar-refractivity contribution >= 4 is 11.7 Å². The first-order valence-corrected chi connectivity index (χ1v) is 7.78. The first-order valence-electron chi connectivity index (χ1n) is 7.78. The Bertz CT molecular complexity index is 442. The van der Waals surface area contributed by atoms with Crippen molar-refractivity contribution in [1.82, 2.24) is 15.5 Å². The van der Waals surface area contributed by atoms with Gasteiger partial charge in [-0.15, -0.1) is 10.2 Å². The van der Waals surface area contributed by atoms with E-state index in [1.165, 1.54) is 32.1 Å². The van der Waals surface area contributed by atoms with Crippen LogP contribution in [0.25, 0.3) is 0 Å². The summed E-state index contributed by atoms with van der Waals surface area (Å²) in [5.41, 5.74) is 6.00. The van der Waals surface area contributed by atoms with Crippen LogP contribution in [0.15, 0.2) is 12.1 Å². The lowest BCUT2D eigenvalue weighted by Crippen LogP contribution is -2.39. The molecule has 1 aromatic rings. The molecule has 1 heterocycles. The first kappa shape index (κ1) is 15.7. The van der Waals surface area contributed by atoms with E-state index in [9.17, 15) is 4.79 Å². The highest BCUT2D eigenvalue weighted by molar-refractivity contribution is 5.91. The summed E-state index contributed by atoms with van der Waals surface area (Å²) >= 11 is 0. The lowest BCUT2D eigenvalue weighted by molar-refractivity contribution is 0.0957. The zero-order chi connectivity index (χ0) is 15.1. The molecule has 6 nitrogen and oxygen atoms in total. The Kier molecular flexibility index (Phi) is 5.92. The van der Waals surface area contributed by atoms with Gasteiger partial charge in [-0.2, -0.15) is 0 Å². The number of rotatable bonds is 6. The molecular formula is C15H25N5O. The zero-order valence-corrected chi connectivity index (χ0v) is 12.7. The highest BCUT2D eigenvalue weighted by Crippen LogP contribution is 2.26. The van der Waals surface area contributed by atoms with Gasteiger partial charge in [0.1, 0.15) is 0 Å². The largest absolute Gasteiger partial charge is 0.354 e. The minimum absolute atomic E-state index is 0.208. The standard InChI is InChI=1S/C15H25N5O/c1-17-15(21)13-8-9-14(19-18-13)20(11-5-10-16)12-6-3-2-4-7-12/h8-9,12H,2-7,10-11,16H2,1H3,(H,17,21). The molecule has 1 fully saturated rings. The van der Waals surface area contributed by atoms with Crippen LogP contribution in [0.4, 0.5) is 5.82 Å². The molecule has 0 bridgehead atoms. The zero-order valence-electron chi connectivity index (χ0n) is 12.7. The molecule has 0 saturated heterocycles. The van der Waals surface area contributed by atoms with Crippen molar-refractivity contribution in [2.75, 3.05) is 25.0 Å². The number of aromatic nitrogens is 2. The quantitative estimate of drug-likeness (QED) is 0.826. The van der Waals surface area contributed by atoms with E-state index in [1.54, 1.807) is 13.1 Å².